The van der Waals surface area contributed by atoms with Crippen LogP contribution in [0.15, 0.2) is 30.3 Å². The van der Waals surface area contributed by atoms with Gasteiger partial charge < -0.3 is 0 Å². The fraction of sp³-hybridized carbons (Fsp3) is 0.182. The van der Waals surface area contributed by atoms with Gasteiger partial charge in [0, 0.05) is 5.56 Å². The number of aromatic nitrogens is 1. The lowest BCUT2D eigenvalue weighted by Gasteiger charge is -1.99. The Morgan fingerprint density at radius 1 is 1.21 bits per heavy atom. The van der Waals surface area contributed by atoms with Crippen LogP contribution in [-0.4, -0.2) is 0 Å². The van der Waals surface area contributed by atoms with E-state index < -0.39 is 0 Å². The van der Waals surface area contributed by atoms with Crippen molar-refractivity contribution in [2.75, 3.05) is 5.73 Å². The number of hydrogen-bond acceptors (Lipinski definition) is 2. The molecule has 0 spiro atoms. The number of nitrogens with two attached hydrogens (primary N) is 1. The number of hydrogen-bond donors (Lipinski definition) is 1. The third-order valence-electron chi connectivity index (χ3n) is 2.30. The van der Waals surface area contributed by atoms with Crippen molar-refractivity contribution in [1.29, 1.82) is 0 Å². The molecule has 0 aliphatic carbocycles. The molecule has 72 valence electrons. The molecule has 3 heteroatoms. The van der Waals surface area contributed by atoms with Crippen LogP contribution in [0.3, 0.4) is 0 Å². The second-order valence-electron chi connectivity index (χ2n) is 3.27. The van der Waals surface area contributed by atoms with Crippen molar-refractivity contribution >= 4 is 16.5 Å². The number of nitrogens with zero attached hydrogens (tertiary/aromatic N) is 1. The van der Waals surface area contributed by atoms with Gasteiger partial charge in [0.25, 0.3) is 0 Å². The Hall–Kier alpha value is -1.35. The molecular weight excluding hydrogens is 192 g/mol. The van der Waals surface area contributed by atoms with E-state index in [2.05, 4.69) is 19.1 Å². The van der Waals surface area contributed by atoms with Crippen molar-refractivity contribution in [3.05, 3.63) is 35.2 Å². The minimum absolute atomic E-state index is 0.848. The van der Waals surface area contributed by atoms with Gasteiger partial charge in [-0.15, -0.1) is 0 Å². The fourth-order valence-corrected chi connectivity index (χ4v) is 2.51. The molecule has 0 amide bonds. The van der Waals surface area contributed by atoms with Gasteiger partial charge in [-0.3, -0.25) is 5.73 Å². The highest BCUT2D eigenvalue weighted by molar-refractivity contribution is 7.15. The van der Waals surface area contributed by atoms with Crippen LogP contribution in [0.4, 0.5) is 5.13 Å². The topological polar surface area (TPSA) is 29.9 Å². The van der Waals surface area contributed by atoms with Crippen LogP contribution in [-0.2, 0) is 7.05 Å². The maximum Gasteiger partial charge on any atom is 0.332 e. The summed E-state index contributed by atoms with van der Waals surface area (Å²) in [6.07, 6.45) is 0. The molecule has 0 saturated carbocycles. The van der Waals surface area contributed by atoms with E-state index in [-0.39, 0.29) is 0 Å². The van der Waals surface area contributed by atoms with Crippen molar-refractivity contribution < 1.29 is 4.57 Å². The van der Waals surface area contributed by atoms with Crippen molar-refractivity contribution in [1.82, 2.24) is 0 Å². The van der Waals surface area contributed by atoms with Crippen molar-refractivity contribution in [3.8, 4) is 11.3 Å². The van der Waals surface area contributed by atoms with E-state index in [1.54, 1.807) is 11.3 Å². The highest BCUT2D eigenvalue weighted by Gasteiger charge is 2.16. The molecule has 1 heterocycles. The minimum Gasteiger partial charge on any atom is -0.278 e. The number of benzene rings is 1. The molecule has 0 atom stereocenters. The highest BCUT2D eigenvalue weighted by Crippen LogP contribution is 2.26. The standard InChI is InChI=1S/C11H12N2S/c1-8-10(13(2)11(12)14-8)9-6-4-3-5-7-9/h3-7,12H,1-2H3/p+1. The first-order valence-corrected chi connectivity index (χ1v) is 5.32. The summed E-state index contributed by atoms with van der Waals surface area (Å²) in [5.74, 6) is 0. The van der Waals surface area contributed by atoms with E-state index in [1.807, 2.05) is 29.8 Å². The fourth-order valence-electron chi connectivity index (χ4n) is 1.61. The lowest BCUT2D eigenvalue weighted by molar-refractivity contribution is -0.641. The summed E-state index contributed by atoms with van der Waals surface area (Å²) in [7, 11) is 2.00. The molecule has 0 radical (unpaired) electrons. The lowest BCUT2D eigenvalue weighted by Crippen LogP contribution is -2.31. The summed E-state index contributed by atoms with van der Waals surface area (Å²) in [5, 5.41) is 0.848. The molecule has 0 unspecified atom stereocenters. The Bertz CT molecular complexity index is 446. The molecule has 0 fully saturated rings. The van der Waals surface area contributed by atoms with Gasteiger partial charge in [-0.1, -0.05) is 41.7 Å². The van der Waals surface area contributed by atoms with Crippen molar-refractivity contribution in [2.24, 2.45) is 7.05 Å². The summed E-state index contributed by atoms with van der Waals surface area (Å²) in [5.41, 5.74) is 8.30. The average Bonchev–Trinajstić information content (AvgIpc) is 2.43. The van der Waals surface area contributed by atoms with Gasteiger partial charge in [-0.2, -0.15) is 0 Å². The number of rotatable bonds is 1. The third kappa shape index (κ3) is 1.40. The molecule has 14 heavy (non-hydrogen) atoms. The summed E-state index contributed by atoms with van der Waals surface area (Å²) >= 11 is 1.63. The van der Waals surface area contributed by atoms with Crippen LogP contribution in [0.5, 0.6) is 0 Å². The summed E-state index contributed by atoms with van der Waals surface area (Å²) in [6.45, 7) is 2.10. The Balaban J connectivity index is 2.62. The molecule has 1 aromatic heterocycles. The van der Waals surface area contributed by atoms with Gasteiger partial charge in [-0.25, -0.2) is 4.57 Å². The molecule has 0 aliphatic heterocycles. The second-order valence-corrected chi connectivity index (χ2v) is 4.50. The SMILES string of the molecule is Cc1sc(N)[n+](C)c1-c1ccccc1. The first-order valence-electron chi connectivity index (χ1n) is 4.50. The summed E-state index contributed by atoms with van der Waals surface area (Å²) in [6, 6.07) is 10.3. The third-order valence-corrected chi connectivity index (χ3v) is 3.29. The Labute approximate surface area is 87.6 Å². The van der Waals surface area contributed by atoms with E-state index in [0.717, 1.165) is 5.13 Å². The van der Waals surface area contributed by atoms with Gasteiger partial charge in [0.15, 0.2) is 0 Å². The number of nitrogen functional groups attached to an aromatic ring is 1. The molecule has 2 N–H and O–H groups in total. The van der Waals surface area contributed by atoms with Gasteiger partial charge in [0.05, 0.1) is 11.9 Å². The summed E-state index contributed by atoms with van der Waals surface area (Å²) < 4.78 is 2.04. The average molecular weight is 205 g/mol. The first-order chi connectivity index (χ1) is 6.70. The lowest BCUT2D eigenvalue weighted by atomic mass is 10.1. The normalized spacial score (nSPS) is 10.4. The Morgan fingerprint density at radius 3 is 2.36 bits per heavy atom. The smallest absolute Gasteiger partial charge is 0.278 e. The molecule has 0 bridgehead atoms. The van der Waals surface area contributed by atoms with E-state index in [9.17, 15) is 0 Å². The summed E-state index contributed by atoms with van der Waals surface area (Å²) in [4.78, 5) is 1.26. The maximum absolute atomic E-state index is 5.86. The Morgan fingerprint density at radius 2 is 1.86 bits per heavy atom. The Kier molecular flexibility index (Phi) is 2.25. The van der Waals surface area contributed by atoms with Crippen LogP contribution < -0.4 is 10.3 Å². The van der Waals surface area contributed by atoms with Crippen LogP contribution in [0, 0.1) is 6.92 Å². The van der Waals surface area contributed by atoms with Gasteiger partial charge in [0.1, 0.15) is 5.69 Å². The highest BCUT2D eigenvalue weighted by atomic mass is 32.1. The predicted molar refractivity (Wildman–Crippen MR) is 60.1 cm³/mol. The predicted octanol–water partition coefficient (Wildman–Crippen LogP) is 2.13. The van der Waals surface area contributed by atoms with E-state index >= 15 is 0 Å². The first kappa shape index (κ1) is 9.21. The van der Waals surface area contributed by atoms with Crippen LogP contribution in [0.1, 0.15) is 4.88 Å². The molecular formula is C11H13N2S+. The van der Waals surface area contributed by atoms with E-state index in [4.69, 9.17) is 5.73 Å². The van der Waals surface area contributed by atoms with E-state index in [0.29, 0.717) is 0 Å². The monoisotopic (exact) mass is 205 g/mol. The molecule has 2 nitrogen and oxygen atoms in total. The van der Waals surface area contributed by atoms with Gasteiger partial charge in [-0.05, 0) is 6.92 Å². The maximum atomic E-state index is 5.86. The van der Waals surface area contributed by atoms with Crippen LogP contribution in [0.25, 0.3) is 11.3 Å². The molecule has 0 saturated heterocycles. The molecule has 2 aromatic rings. The zero-order chi connectivity index (χ0) is 10.1. The van der Waals surface area contributed by atoms with Crippen molar-refractivity contribution in [2.45, 2.75) is 6.92 Å². The number of aryl methyl sites for hydroxylation is 1. The van der Waals surface area contributed by atoms with Crippen molar-refractivity contribution in [3.63, 3.8) is 0 Å². The molecule has 1 aromatic carbocycles. The molecule has 0 aliphatic rings. The van der Waals surface area contributed by atoms with Gasteiger partial charge >= 0.3 is 5.13 Å². The zero-order valence-electron chi connectivity index (χ0n) is 8.32. The minimum atomic E-state index is 0.848. The van der Waals surface area contributed by atoms with Crippen LogP contribution in [0.2, 0.25) is 0 Å². The molecule has 2 rings (SSSR count). The quantitative estimate of drug-likeness (QED) is 0.710. The van der Waals surface area contributed by atoms with E-state index in [1.165, 1.54) is 16.1 Å². The van der Waals surface area contributed by atoms with Crippen LogP contribution >= 0.6 is 11.3 Å². The number of thiazole rings is 1. The largest absolute Gasteiger partial charge is 0.332 e. The number of anilines is 1. The zero-order valence-corrected chi connectivity index (χ0v) is 9.14. The second kappa shape index (κ2) is 3.42. The van der Waals surface area contributed by atoms with Gasteiger partial charge in [0.2, 0.25) is 0 Å².